The Morgan fingerprint density at radius 2 is 1.88 bits per heavy atom. The molecule has 1 aliphatic heterocycles. The van der Waals surface area contributed by atoms with Crippen LogP contribution in [0, 0.1) is 22.7 Å². The van der Waals surface area contributed by atoms with Crippen molar-refractivity contribution >= 4 is 0 Å². The molecule has 3 rings (SSSR count). The van der Waals surface area contributed by atoms with Gasteiger partial charge in [0, 0.05) is 19.0 Å². The Morgan fingerprint density at radius 3 is 2.65 bits per heavy atom. The third kappa shape index (κ3) is 2.36. The molecule has 0 aromatic rings. The van der Waals surface area contributed by atoms with E-state index >= 15 is 0 Å². The molecule has 0 N–H and O–H groups in total. The number of nitriles is 1. The number of piperidine rings is 1. The first-order chi connectivity index (χ1) is 8.33. The molecule has 2 nitrogen and oxygen atoms in total. The van der Waals surface area contributed by atoms with Crippen molar-refractivity contribution in [3.63, 3.8) is 0 Å². The smallest absolute Gasteiger partial charge is 0.0628 e. The van der Waals surface area contributed by atoms with E-state index in [4.69, 9.17) is 5.26 Å². The third-order valence-electron chi connectivity index (χ3n) is 5.31. The fourth-order valence-corrected chi connectivity index (χ4v) is 4.09. The highest BCUT2D eigenvalue weighted by Gasteiger charge is 2.46. The monoisotopic (exact) mass is 232 g/mol. The van der Waals surface area contributed by atoms with Gasteiger partial charge in [0.2, 0.25) is 0 Å². The van der Waals surface area contributed by atoms with Gasteiger partial charge >= 0.3 is 0 Å². The second-order valence-corrected chi connectivity index (χ2v) is 6.56. The van der Waals surface area contributed by atoms with Gasteiger partial charge < -0.3 is 0 Å². The molecule has 2 heteroatoms. The van der Waals surface area contributed by atoms with Gasteiger partial charge in [-0.25, -0.2) is 0 Å². The van der Waals surface area contributed by atoms with Gasteiger partial charge in [-0.15, -0.1) is 0 Å². The first-order valence-corrected chi connectivity index (χ1v) is 7.44. The van der Waals surface area contributed by atoms with Crippen LogP contribution < -0.4 is 0 Å². The molecule has 3 fully saturated rings. The van der Waals surface area contributed by atoms with Gasteiger partial charge in [0.1, 0.15) is 0 Å². The van der Waals surface area contributed by atoms with Crippen molar-refractivity contribution in [2.24, 2.45) is 11.3 Å². The maximum absolute atomic E-state index is 8.94. The minimum Gasteiger partial charge on any atom is -0.300 e. The third-order valence-corrected chi connectivity index (χ3v) is 5.31. The summed E-state index contributed by atoms with van der Waals surface area (Å²) < 4.78 is 0. The molecule has 0 aromatic heterocycles. The van der Waals surface area contributed by atoms with Crippen LogP contribution in [0.25, 0.3) is 0 Å². The fraction of sp³-hybridized carbons (Fsp3) is 0.933. The van der Waals surface area contributed by atoms with Crippen LogP contribution in [0.4, 0.5) is 0 Å². The van der Waals surface area contributed by atoms with E-state index < -0.39 is 0 Å². The SMILES string of the molecule is N#CCC1(CN2CCC[C@H]3CCCC[C@H]32)CC1. The zero-order chi connectivity index (χ0) is 11.7. The standard InChI is InChI=1S/C15H24N2/c16-10-9-15(7-8-15)12-17-11-3-5-13-4-1-2-6-14(13)17/h13-14H,1-9,11-12H2/t13-,14-/m1/s1. The highest BCUT2D eigenvalue weighted by Crippen LogP contribution is 2.50. The van der Waals surface area contributed by atoms with Crippen LogP contribution in [0.2, 0.25) is 0 Å². The van der Waals surface area contributed by atoms with Crippen molar-refractivity contribution in [3.05, 3.63) is 0 Å². The summed E-state index contributed by atoms with van der Waals surface area (Å²) in [6.45, 7) is 2.52. The zero-order valence-electron chi connectivity index (χ0n) is 10.8. The van der Waals surface area contributed by atoms with Crippen molar-refractivity contribution in [2.45, 2.75) is 63.8 Å². The van der Waals surface area contributed by atoms with Crippen LogP contribution >= 0.6 is 0 Å². The number of hydrogen-bond acceptors (Lipinski definition) is 2. The number of rotatable bonds is 3. The largest absolute Gasteiger partial charge is 0.300 e. The lowest BCUT2D eigenvalue weighted by Crippen LogP contribution is -2.48. The van der Waals surface area contributed by atoms with E-state index in [2.05, 4.69) is 11.0 Å². The molecule has 0 amide bonds. The highest BCUT2D eigenvalue weighted by atomic mass is 15.2. The Labute approximate surface area is 105 Å². The average molecular weight is 232 g/mol. The van der Waals surface area contributed by atoms with E-state index in [0.717, 1.165) is 18.4 Å². The average Bonchev–Trinajstić information content (AvgIpc) is 3.10. The van der Waals surface area contributed by atoms with E-state index in [1.165, 1.54) is 64.5 Å². The highest BCUT2D eigenvalue weighted by molar-refractivity contribution is 5.03. The summed E-state index contributed by atoms with van der Waals surface area (Å²) in [7, 11) is 0. The van der Waals surface area contributed by atoms with Crippen molar-refractivity contribution in [2.75, 3.05) is 13.1 Å². The normalized spacial score (nSPS) is 35.9. The Bertz CT molecular complexity index is 311. The first kappa shape index (κ1) is 11.5. The topological polar surface area (TPSA) is 27.0 Å². The fourth-order valence-electron chi connectivity index (χ4n) is 4.09. The molecular formula is C15H24N2. The van der Waals surface area contributed by atoms with Gasteiger partial charge in [-0.05, 0) is 56.4 Å². The molecule has 3 aliphatic rings. The van der Waals surface area contributed by atoms with Crippen LogP contribution in [0.5, 0.6) is 0 Å². The maximum atomic E-state index is 8.94. The van der Waals surface area contributed by atoms with E-state index in [1.54, 1.807) is 0 Å². The van der Waals surface area contributed by atoms with Gasteiger partial charge in [0.15, 0.2) is 0 Å². The van der Waals surface area contributed by atoms with Crippen LogP contribution in [-0.4, -0.2) is 24.0 Å². The molecule has 0 spiro atoms. The number of nitrogens with zero attached hydrogens (tertiary/aromatic N) is 2. The minimum atomic E-state index is 0.411. The van der Waals surface area contributed by atoms with Gasteiger partial charge in [-0.1, -0.05) is 12.8 Å². The first-order valence-electron chi connectivity index (χ1n) is 7.44. The summed E-state index contributed by atoms with van der Waals surface area (Å²) in [4.78, 5) is 2.76. The summed E-state index contributed by atoms with van der Waals surface area (Å²) in [5, 5.41) is 8.94. The van der Waals surface area contributed by atoms with E-state index in [-0.39, 0.29) is 0 Å². The number of likely N-dealkylation sites (tertiary alicyclic amines) is 1. The predicted octanol–water partition coefficient (Wildman–Crippen LogP) is 3.33. The molecule has 1 heterocycles. The van der Waals surface area contributed by atoms with Crippen LogP contribution in [0.1, 0.15) is 57.8 Å². The molecule has 94 valence electrons. The Hall–Kier alpha value is -0.550. The molecule has 2 saturated carbocycles. The van der Waals surface area contributed by atoms with Crippen LogP contribution in [0.3, 0.4) is 0 Å². The summed E-state index contributed by atoms with van der Waals surface area (Å²) in [6, 6.07) is 3.27. The maximum Gasteiger partial charge on any atom is 0.0628 e. The number of hydrogen-bond donors (Lipinski definition) is 0. The summed E-state index contributed by atoms with van der Waals surface area (Å²) in [5.74, 6) is 0.982. The van der Waals surface area contributed by atoms with E-state index in [1.807, 2.05) is 0 Å². The van der Waals surface area contributed by atoms with Gasteiger partial charge in [-0.2, -0.15) is 5.26 Å². The Balaban J connectivity index is 1.64. The van der Waals surface area contributed by atoms with E-state index in [9.17, 15) is 0 Å². The Morgan fingerprint density at radius 1 is 1.12 bits per heavy atom. The molecule has 2 atom stereocenters. The molecule has 0 unspecified atom stereocenters. The van der Waals surface area contributed by atoms with Gasteiger partial charge in [0.05, 0.1) is 6.07 Å². The van der Waals surface area contributed by atoms with Crippen LogP contribution in [0.15, 0.2) is 0 Å². The van der Waals surface area contributed by atoms with E-state index in [0.29, 0.717) is 5.41 Å². The molecular weight excluding hydrogens is 208 g/mol. The van der Waals surface area contributed by atoms with Gasteiger partial charge in [0.25, 0.3) is 0 Å². The van der Waals surface area contributed by atoms with Gasteiger partial charge in [-0.3, -0.25) is 4.90 Å². The van der Waals surface area contributed by atoms with Crippen molar-refractivity contribution < 1.29 is 0 Å². The molecule has 2 aliphatic carbocycles. The predicted molar refractivity (Wildman–Crippen MR) is 68.5 cm³/mol. The lowest BCUT2D eigenvalue weighted by atomic mass is 9.78. The molecule has 1 saturated heterocycles. The van der Waals surface area contributed by atoms with Crippen molar-refractivity contribution in [3.8, 4) is 6.07 Å². The van der Waals surface area contributed by atoms with Crippen molar-refractivity contribution in [1.29, 1.82) is 5.26 Å². The zero-order valence-corrected chi connectivity index (χ0v) is 10.8. The molecule has 0 aromatic carbocycles. The summed E-state index contributed by atoms with van der Waals surface area (Å²) >= 11 is 0. The number of fused-ring (bicyclic) bond motifs is 1. The van der Waals surface area contributed by atoms with Crippen LogP contribution in [-0.2, 0) is 0 Å². The second-order valence-electron chi connectivity index (χ2n) is 6.56. The Kier molecular flexibility index (Phi) is 3.13. The summed E-state index contributed by atoms with van der Waals surface area (Å²) in [6.07, 6.45) is 12.0. The lowest BCUT2D eigenvalue weighted by Gasteiger charge is -2.45. The lowest BCUT2D eigenvalue weighted by molar-refractivity contribution is 0.0446. The minimum absolute atomic E-state index is 0.411. The molecule has 0 bridgehead atoms. The van der Waals surface area contributed by atoms with Crippen molar-refractivity contribution in [1.82, 2.24) is 4.90 Å². The second kappa shape index (κ2) is 4.61. The molecule has 0 radical (unpaired) electrons. The quantitative estimate of drug-likeness (QED) is 0.746. The summed E-state index contributed by atoms with van der Waals surface area (Å²) in [5.41, 5.74) is 0.411. The molecule has 17 heavy (non-hydrogen) atoms.